The van der Waals surface area contributed by atoms with Crippen molar-refractivity contribution in [3.8, 4) is 11.5 Å². The van der Waals surface area contributed by atoms with E-state index in [0.29, 0.717) is 12.2 Å². The van der Waals surface area contributed by atoms with Gasteiger partial charge < -0.3 is 19.3 Å². The van der Waals surface area contributed by atoms with E-state index in [4.69, 9.17) is 14.2 Å². The lowest BCUT2D eigenvalue weighted by Gasteiger charge is -2.20. The Labute approximate surface area is 147 Å². The van der Waals surface area contributed by atoms with Crippen LogP contribution in [0.4, 0.5) is 0 Å². The second-order valence-electron chi connectivity index (χ2n) is 6.33. The quantitative estimate of drug-likeness (QED) is 0.872. The topological polar surface area (TPSA) is 65.0 Å². The zero-order chi connectivity index (χ0) is 17.8. The standard InChI is InChI=1S/C20H22O5/c1-13-3-7-15(8-4-13)23-12-19-17(11-18(25-19)20(21)22)24-16-9-5-14(2)6-10-16/h3-10,17-19H,11-12H2,1-2H3,(H,21,22)/t17-,18+,19+/m0/s1. The molecular weight excluding hydrogens is 320 g/mol. The molecule has 0 spiro atoms. The number of hydrogen-bond donors (Lipinski definition) is 1. The zero-order valence-electron chi connectivity index (χ0n) is 14.3. The van der Waals surface area contributed by atoms with Crippen molar-refractivity contribution >= 4 is 5.97 Å². The van der Waals surface area contributed by atoms with Crippen molar-refractivity contribution in [1.82, 2.24) is 0 Å². The number of rotatable bonds is 6. The van der Waals surface area contributed by atoms with Crippen LogP contribution in [0.5, 0.6) is 11.5 Å². The molecule has 1 N–H and O–H groups in total. The van der Waals surface area contributed by atoms with Crippen molar-refractivity contribution in [1.29, 1.82) is 0 Å². The molecule has 0 aliphatic carbocycles. The summed E-state index contributed by atoms with van der Waals surface area (Å²) in [7, 11) is 0. The summed E-state index contributed by atoms with van der Waals surface area (Å²) in [6, 6.07) is 15.4. The molecule has 1 aliphatic heterocycles. The molecule has 1 aliphatic rings. The second-order valence-corrected chi connectivity index (χ2v) is 6.33. The highest BCUT2D eigenvalue weighted by Gasteiger charge is 2.41. The highest BCUT2D eigenvalue weighted by Crippen LogP contribution is 2.27. The normalized spacial score (nSPS) is 22.6. The van der Waals surface area contributed by atoms with Gasteiger partial charge in [0.25, 0.3) is 0 Å². The molecule has 0 bridgehead atoms. The van der Waals surface area contributed by atoms with E-state index >= 15 is 0 Å². The Kier molecular flexibility index (Phi) is 5.24. The third kappa shape index (κ3) is 4.51. The Morgan fingerprint density at radius 3 is 2.16 bits per heavy atom. The molecule has 0 saturated carbocycles. The molecular formula is C20H22O5. The Hall–Kier alpha value is -2.53. The van der Waals surface area contributed by atoms with E-state index < -0.39 is 18.2 Å². The highest BCUT2D eigenvalue weighted by atomic mass is 16.6. The van der Waals surface area contributed by atoms with Gasteiger partial charge in [-0.15, -0.1) is 0 Å². The number of aliphatic carboxylic acids is 1. The monoisotopic (exact) mass is 342 g/mol. The van der Waals surface area contributed by atoms with E-state index in [-0.39, 0.29) is 12.7 Å². The summed E-state index contributed by atoms with van der Waals surface area (Å²) < 4.78 is 17.4. The van der Waals surface area contributed by atoms with Gasteiger partial charge in [-0.05, 0) is 38.1 Å². The SMILES string of the molecule is Cc1ccc(OC[C@H]2O[C@@H](C(=O)O)C[C@@H]2Oc2ccc(C)cc2)cc1. The minimum absolute atomic E-state index is 0.239. The van der Waals surface area contributed by atoms with Crippen molar-refractivity contribution < 1.29 is 24.1 Å². The van der Waals surface area contributed by atoms with Crippen LogP contribution in [0.3, 0.4) is 0 Å². The van der Waals surface area contributed by atoms with Gasteiger partial charge in [0, 0.05) is 6.42 Å². The molecule has 0 aromatic heterocycles. The number of carbonyl (C=O) groups is 1. The molecule has 3 atom stereocenters. The molecule has 0 radical (unpaired) electrons. The molecule has 3 rings (SSSR count). The molecule has 1 fully saturated rings. The number of carboxylic acid groups (broad SMARTS) is 1. The lowest BCUT2D eigenvalue weighted by molar-refractivity contribution is -0.150. The van der Waals surface area contributed by atoms with Crippen LogP contribution in [0, 0.1) is 13.8 Å². The molecule has 1 heterocycles. The van der Waals surface area contributed by atoms with Crippen LogP contribution >= 0.6 is 0 Å². The predicted octanol–water partition coefficient (Wildman–Crippen LogP) is 3.37. The first-order valence-electron chi connectivity index (χ1n) is 8.32. The van der Waals surface area contributed by atoms with Gasteiger partial charge in [0.15, 0.2) is 6.10 Å². The van der Waals surface area contributed by atoms with Crippen LogP contribution in [0.15, 0.2) is 48.5 Å². The van der Waals surface area contributed by atoms with Crippen molar-refractivity contribution in [2.75, 3.05) is 6.61 Å². The van der Waals surface area contributed by atoms with Crippen LogP contribution < -0.4 is 9.47 Å². The minimum Gasteiger partial charge on any atom is -0.491 e. The largest absolute Gasteiger partial charge is 0.491 e. The average Bonchev–Trinajstić information content (AvgIpc) is 3.00. The maximum absolute atomic E-state index is 11.3. The van der Waals surface area contributed by atoms with Crippen LogP contribution in [0.2, 0.25) is 0 Å². The smallest absolute Gasteiger partial charge is 0.332 e. The summed E-state index contributed by atoms with van der Waals surface area (Å²) in [5.41, 5.74) is 2.29. The zero-order valence-corrected chi connectivity index (χ0v) is 14.3. The fraction of sp³-hybridized carbons (Fsp3) is 0.350. The van der Waals surface area contributed by atoms with Gasteiger partial charge in [0.2, 0.25) is 0 Å². The van der Waals surface area contributed by atoms with Crippen molar-refractivity contribution in [2.24, 2.45) is 0 Å². The predicted molar refractivity (Wildman–Crippen MR) is 93.2 cm³/mol. The van der Waals surface area contributed by atoms with E-state index in [1.54, 1.807) is 0 Å². The first-order chi connectivity index (χ1) is 12.0. The minimum atomic E-state index is -0.977. The van der Waals surface area contributed by atoms with E-state index in [9.17, 15) is 9.90 Å². The fourth-order valence-electron chi connectivity index (χ4n) is 2.75. The maximum atomic E-state index is 11.3. The second kappa shape index (κ2) is 7.57. The maximum Gasteiger partial charge on any atom is 0.332 e. The molecule has 0 unspecified atom stereocenters. The lowest BCUT2D eigenvalue weighted by atomic mass is 10.1. The summed E-state index contributed by atoms with van der Waals surface area (Å²) in [6.45, 7) is 4.25. The lowest BCUT2D eigenvalue weighted by Crippen LogP contribution is -2.32. The number of carboxylic acids is 1. The molecule has 2 aromatic carbocycles. The third-order valence-electron chi connectivity index (χ3n) is 4.22. The molecule has 5 heteroatoms. The van der Waals surface area contributed by atoms with Crippen molar-refractivity contribution in [3.05, 3.63) is 59.7 Å². The highest BCUT2D eigenvalue weighted by molar-refractivity contribution is 5.72. The van der Waals surface area contributed by atoms with Gasteiger partial charge in [-0.25, -0.2) is 4.79 Å². The summed E-state index contributed by atoms with van der Waals surface area (Å²) >= 11 is 0. The summed E-state index contributed by atoms with van der Waals surface area (Å²) in [6.07, 6.45) is -1.38. The number of ether oxygens (including phenoxy) is 3. The van der Waals surface area contributed by atoms with Gasteiger partial charge in [0.1, 0.15) is 30.3 Å². The van der Waals surface area contributed by atoms with Crippen LogP contribution in [-0.2, 0) is 9.53 Å². The van der Waals surface area contributed by atoms with Crippen molar-refractivity contribution in [2.45, 2.75) is 38.6 Å². The Balaban J connectivity index is 1.66. The van der Waals surface area contributed by atoms with E-state index in [2.05, 4.69) is 0 Å². The van der Waals surface area contributed by atoms with Gasteiger partial charge in [-0.3, -0.25) is 0 Å². The molecule has 0 amide bonds. The average molecular weight is 342 g/mol. The van der Waals surface area contributed by atoms with Crippen molar-refractivity contribution in [3.63, 3.8) is 0 Å². The van der Waals surface area contributed by atoms with Crippen LogP contribution in [0.25, 0.3) is 0 Å². The number of aryl methyl sites for hydroxylation is 2. The Morgan fingerprint density at radius 1 is 1.04 bits per heavy atom. The van der Waals surface area contributed by atoms with Crippen LogP contribution in [0.1, 0.15) is 17.5 Å². The number of hydrogen-bond acceptors (Lipinski definition) is 4. The van der Waals surface area contributed by atoms with Gasteiger partial charge in [0.05, 0.1) is 0 Å². The Morgan fingerprint density at radius 2 is 1.60 bits per heavy atom. The first-order valence-corrected chi connectivity index (χ1v) is 8.32. The molecule has 1 saturated heterocycles. The van der Waals surface area contributed by atoms with E-state index in [1.807, 2.05) is 62.4 Å². The fourth-order valence-corrected chi connectivity index (χ4v) is 2.75. The molecule has 5 nitrogen and oxygen atoms in total. The molecule has 2 aromatic rings. The molecule has 25 heavy (non-hydrogen) atoms. The number of benzene rings is 2. The van der Waals surface area contributed by atoms with Gasteiger partial charge >= 0.3 is 5.97 Å². The summed E-state index contributed by atoms with van der Waals surface area (Å²) in [4.78, 5) is 11.3. The third-order valence-corrected chi connectivity index (χ3v) is 4.22. The Bertz CT molecular complexity index is 708. The van der Waals surface area contributed by atoms with Crippen LogP contribution in [-0.4, -0.2) is 36.0 Å². The van der Waals surface area contributed by atoms with E-state index in [1.165, 1.54) is 0 Å². The summed E-state index contributed by atoms with van der Waals surface area (Å²) in [5, 5.41) is 9.25. The molecule has 132 valence electrons. The van der Waals surface area contributed by atoms with E-state index in [0.717, 1.165) is 16.9 Å². The van der Waals surface area contributed by atoms with Gasteiger partial charge in [-0.1, -0.05) is 35.4 Å². The first kappa shape index (κ1) is 17.3. The van der Waals surface area contributed by atoms with Gasteiger partial charge in [-0.2, -0.15) is 0 Å². The summed E-state index contributed by atoms with van der Waals surface area (Å²) in [5.74, 6) is 0.447.